The van der Waals surface area contributed by atoms with Crippen LogP contribution in [-0.2, 0) is 11.3 Å². The minimum atomic E-state index is -0.374. The van der Waals surface area contributed by atoms with Crippen LogP contribution in [0.5, 0.6) is 0 Å². The van der Waals surface area contributed by atoms with Crippen LogP contribution in [0.25, 0.3) is 0 Å². The molecule has 1 aromatic heterocycles. The van der Waals surface area contributed by atoms with Gasteiger partial charge in [0.05, 0.1) is 11.8 Å². The highest BCUT2D eigenvalue weighted by molar-refractivity contribution is 7.99. The molecule has 1 heterocycles. The van der Waals surface area contributed by atoms with Crippen LogP contribution in [0.1, 0.15) is 51.4 Å². The van der Waals surface area contributed by atoms with E-state index >= 15 is 0 Å². The average molecular weight is 478 g/mol. The molecule has 2 N–H and O–H groups in total. The highest BCUT2D eigenvalue weighted by atomic mass is 32.2. The summed E-state index contributed by atoms with van der Waals surface area (Å²) in [4.78, 5) is 25.3. The van der Waals surface area contributed by atoms with Gasteiger partial charge in [0.25, 0.3) is 5.91 Å². The number of thioether (sulfide) groups is 1. The Morgan fingerprint density at radius 1 is 1.09 bits per heavy atom. The van der Waals surface area contributed by atoms with Gasteiger partial charge in [-0.1, -0.05) is 53.2 Å². The smallest absolute Gasteiger partial charge is 0.251 e. The van der Waals surface area contributed by atoms with Crippen molar-refractivity contribution in [2.24, 2.45) is 0 Å². The summed E-state index contributed by atoms with van der Waals surface area (Å²) in [6, 6.07) is 11.1. The first-order chi connectivity index (χ1) is 16.2. The lowest BCUT2D eigenvalue weighted by Crippen LogP contribution is -2.29. The summed E-state index contributed by atoms with van der Waals surface area (Å²) >= 11 is 1.30. The van der Waals surface area contributed by atoms with E-state index in [0.717, 1.165) is 27.9 Å². The van der Waals surface area contributed by atoms with Gasteiger partial charge in [-0.2, -0.15) is 0 Å². The van der Waals surface area contributed by atoms with Gasteiger partial charge in [0, 0.05) is 17.8 Å². The molecular formula is C26H31N5O2S. The molecule has 2 aromatic carbocycles. The summed E-state index contributed by atoms with van der Waals surface area (Å²) < 4.78 is 1.87. The van der Waals surface area contributed by atoms with Crippen LogP contribution >= 0.6 is 11.8 Å². The third-order valence-electron chi connectivity index (χ3n) is 5.35. The third kappa shape index (κ3) is 6.14. The minimum absolute atomic E-state index is 0.115. The van der Waals surface area contributed by atoms with Crippen LogP contribution in [0.4, 0.5) is 5.69 Å². The third-order valence-corrected chi connectivity index (χ3v) is 6.31. The zero-order valence-electron chi connectivity index (χ0n) is 20.3. The fourth-order valence-electron chi connectivity index (χ4n) is 3.84. The number of nitrogens with one attached hydrogen (secondary N) is 2. The number of hydrogen-bond donors (Lipinski definition) is 2. The quantitative estimate of drug-likeness (QED) is 0.337. The van der Waals surface area contributed by atoms with Gasteiger partial charge >= 0.3 is 0 Å². The predicted octanol–water partition coefficient (Wildman–Crippen LogP) is 4.92. The Bertz CT molecular complexity index is 1190. The molecule has 0 saturated heterocycles. The van der Waals surface area contributed by atoms with Crippen molar-refractivity contribution in [2.45, 2.75) is 52.4 Å². The van der Waals surface area contributed by atoms with Crippen molar-refractivity contribution in [3.05, 3.63) is 82.7 Å². The number of nitrogens with zero attached hydrogens (tertiary/aromatic N) is 3. The minimum Gasteiger partial charge on any atom is -0.342 e. The van der Waals surface area contributed by atoms with Crippen LogP contribution in [0.2, 0.25) is 0 Å². The maximum atomic E-state index is 12.7. The first-order valence-electron chi connectivity index (χ1n) is 11.1. The van der Waals surface area contributed by atoms with E-state index in [2.05, 4.69) is 39.5 Å². The molecule has 0 aliphatic carbocycles. The van der Waals surface area contributed by atoms with Gasteiger partial charge in [0.1, 0.15) is 0 Å². The standard InChI is InChI=1S/C26H31N5O2S/c1-7-11-31-24(20(6)27-25(33)21-10-8-9-16(2)14-21)29-30-26(31)34-15-22(32)28-23-18(4)12-17(3)13-19(23)5/h7-10,12-14,20H,1,11,15H2,2-6H3,(H,27,33)(H,28,32)/t20-/m1/s1. The van der Waals surface area contributed by atoms with Crippen LogP contribution in [0.15, 0.2) is 54.2 Å². The molecule has 0 spiro atoms. The first kappa shape index (κ1) is 25.2. The van der Waals surface area contributed by atoms with Crippen molar-refractivity contribution in [2.75, 3.05) is 11.1 Å². The summed E-state index contributed by atoms with van der Waals surface area (Å²) in [7, 11) is 0. The van der Waals surface area contributed by atoms with Crippen molar-refractivity contribution in [3.63, 3.8) is 0 Å². The van der Waals surface area contributed by atoms with Crippen LogP contribution in [0.3, 0.4) is 0 Å². The lowest BCUT2D eigenvalue weighted by Gasteiger charge is -2.16. The molecule has 7 nitrogen and oxygen atoms in total. The molecular weight excluding hydrogens is 446 g/mol. The number of anilines is 1. The Morgan fingerprint density at radius 2 is 1.79 bits per heavy atom. The summed E-state index contributed by atoms with van der Waals surface area (Å²) in [5, 5.41) is 15.2. The Balaban J connectivity index is 1.69. The number of amides is 2. The van der Waals surface area contributed by atoms with Crippen molar-refractivity contribution in [3.8, 4) is 0 Å². The lowest BCUT2D eigenvalue weighted by atomic mass is 10.1. The molecule has 0 bridgehead atoms. The van der Waals surface area contributed by atoms with E-state index in [0.29, 0.717) is 23.1 Å². The number of aryl methyl sites for hydroxylation is 4. The fraction of sp³-hybridized carbons (Fsp3) is 0.308. The number of aromatic nitrogens is 3. The average Bonchev–Trinajstić information content (AvgIpc) is 3.17. The van der Waals surface area contributed by atoms with E-state index < -0.39 is 0 Å². The molecule has 0 aliphatic rings. The van der Waals surface area contributed by atoms with Crippen molar-refractivity contribution in [1.29, 1.82) is 0 Å². The molecule has 0 fully saturated rings. The zero-order valence-corrected chi connectivity index (χ0v) is 21.1. The molecule has 1 atom stereocenters. The van der Waals surface area contributed by atoms with Gasteiger partial charge < -0.3 is 15.2 Å². The second-order valence-corrected chi connectivity index (χ2v) is 9.36. The lowest BCUT2D eigenvalue weighted by molar-refractivity contribution is -0.113. The highest BCUT2D eigenvalue weighted by Crippen LogP contribution is 2.24. The van der Waals surface area contributed by atoms with Crippen LogP contribution < -0.4 is 10.6 Å². The van der Waals surface area contributed by atoms with Crippen LogP contribution in [0, 0.1) is 27.7 Å². The monoisotopic (exact) mass is 477 g/mol. The second-order valence-electron chi connectivity index (χ2n) is 8.42. The number of allylic oxidation sites excluding steroid dienone is 1. The molecule has 8 heteroatoms. The van der Waals surface area contributed by atoms with Gasteiger partial charge in [0.2, 0.25) is 5.91 Å². The first-order valence-corrected chi connectivity index (χ1v) is 12.1. The van der Waals surface area contributed by atoms with Gasteiger partial charge in [-0.3, -0.25) is 9.59 Å². The Morgan fingerprint density at radius 3 is 2.44 bits per heavy atom. The largest absolute Gasteiger partial charge is 0.342 e. The molecule has 0 aliphatic heterocycles. The van der Waals surface area contributed by atoms with E-state index in [1.165, 1.54) is 11.8 Å². The number of hydrogen-bond acceptors (Lipinski definition) is 5. The Labute approximate surface area is 205 Å². The van der Waals surface area contributed by atoms with Gasteiger partial charge in [-0.25, -0.2) is 0 Å². The van der Waals surface area contributed by atoms with E-state index in [1.807, 2.05) is 57.4 Å². The molecule has 0 saturated carbocycles. The number of carbonyl (C=O) groups excluding carboxylic acids is 2. The molecule has 3 rings (SSSR count). The molecule has 34 heavy (non-hydrogen) atoms. The zero-order chi connectivity index (χ0) is 24.8. The fourth-order valence-corrected chi connectivity index (χ4v) is 4.60. The van der Waals surface area contributed by atoms with E-state index in [4.69, 9.17) is 0 Å². The normalized spacial score (nSPS) is 11.7. The second kappa shape index (κ2) is 11.2. The van der Waals surface area contributed by atoms with Gasteiger partial charge in [0.15, 0.2) is 11.0 Å². The summed E-state index contributed by atoms with van der Waals surface area (Å²) in [5.74, 6) is 0.498. The number of rotatable bonds is 9. The number of carbonyl (C=O) groups is 2. The topological polar surface area (TPSA) is 88.9 Å². The van der Waals surface area contributed by atoms with E-state index in [1.54, 1.807) is 12.1 Å². The van der Waals surface area contributed by atoms with Crippen molar-refractivity contribution < 1.29 is 9.59 Å². The maximum Gasteiger partial charge on any atom is 0.251 e. The SMILES string of the molecule is C=CCn1c(SCC(=O)Nc2c(C)cc(C)cc2C)nnc1[C@@H](C)NC(=O)c1cccc(C)c1. The molecule has 2 amide bonds. The van der Waals surface area contributed by atoms with Crippen LogP contribution in [-0.4, -0.2) is 32.3 Å². The highest BCUT2D eigenvalue weighted by Gasteiger charge is 2.21. The van der Waals surface area contributed by atoms with Crippen molar-refractivity contribution >= 4 is 29.3 Å². The summed E-state index contributed by atoms with van der Waals surface area (Å²) in [6.07, 6.45) is 1.74. The summed E-state index contributed by atoms with van der Waals surface area (Å²) in [6.45, 7) is 14.1. The molecule has 0 unspecified atom stereocenters. The predicted molar refractivity (Wildman–Crippen MR) is 137 cm³/mol. The summed E-state index contributed by atoms with van der Waals surface area (Å²) in [5.41, 5.74) is 5.68. The molecule has 0 radical (unpaired) electrons. The number of benzene rings is 2. The van der Waals surface area contributed by atoms with Crippen molar-refractivity contribution in [1.82, 2.24) is 20.1 Å². The van der Waals surface area contributed by atoms with Gasteiger partial charge in [-0.05, 0) is 57.9 Å². The van der Waals surface area contributed by atoms with E-state index in [-0.39, 0.29) is 23.6 Å². The maximum absolute atomic E-state index is 12.7. The Kier molecular flexibility index (Phi) is 8.28. The van der Waals surface area contributed by atoms with E-state index in [9.17, 15) is 9.59 Å². The van der Waals surface area contributed by atoms with Gasteiger partial charge in [-0.15, -0.1) is 16.8 Å². The molecule has 178 valence electrons. The Hall–Kier alpha value is -3.39. The molecule has 3 aromatic rings.